The first-order valence-corrected chi connectivity index (χ1v) is 4.53. The van der Waals surface area contributed by atoms with Crippen LogP contribution in [0.25, 0.3) is 0 Å². The Kier molecular flexibility index (Phi) is 2.60. The monoisotopic (exact) mass is 191 g/mol. The van der Waals surface area contributed by atoms with Gasteiger partial charge in [0.05, 0.1) is 18.3 Å². The number of H-pyrrole nitrogens is 2. The molecular formula is C9H13N5. The van der Waals surface area contributed by atoms with Crippen molar-refractivity contribution < 1.29 is 0 Å². The fourth-order valence-corrected chi connectivity index (χ4v) is 1.26. The molecule has 2 aromatic rings. The first-order valence-electron chi connectivity index (χ1n) is 4.53. The number of imidazole rings is 2. The van der Waals surface area contributed by atoms with E-state index in [1.807, 2.05) is 13.1 Å². The third-order valence-corrected chi connectivity index (χ3v) is 2.10. The van der Waals surface area contributed by atoms with E-state index in [2.05, 4.69) is 25.3 Å². The van der Waals surface area contributed by atoms with Crippen LogP contribution in [0.15, 0.2) is 18.9 Å². The van der Waals surface area contributed by atoms with Gasteiger partial charge in [0.1, 0.15) is 0 Å². The van der Waals surface area contributed by atoms with Crippen molar-refractivity contribution in [3.8, 4) is 0 Å². The van der Waals surface area contributed by atoms with Crippen LogP contribution in [0, 0.1) is 6.92 Å². The van der Waals surface area contributed by atoms with Gasteiger partial charge < -0.3 is 15.3 Å². The summed E-state index contributed by atoms with van der Waals surface area (Å²) >= 11 is 0. The number of hydrogen-bond acceptors (Lipinski definition) is 3. The van der Waals surface area contributed by atoms with E-state index >= 15 is 0 Å². The van der Waals surface area contributed by atoms with Gasteiger partial charge in [-0.15, -0.1) is 0 Å². The van der Waals surface area contributed by atoms with Crippen molar-refractivity contribution in [1.29, 1.82) is 0 Å². The number of nitrogens with zero attached hydrogens (tertiary/aromatic N) is 2. The maximum atomic E-state index is 4.19. The molecule has 0 radical (unpaired) electrons. The van der Waals surface area contributed by atoms with Crippen LogP contribution in [0.2, 0.25) is 0 Å². The van der Waals surface area contributed by atoms with Crippen LogP contribution in [0.1, 0.15) is 17.1 Å². The van der Waals surface area contributed by atoms with Crippen molar-refractivity contribution in [2.24, 2.45) is 0 Å². The first-order chi connectivity index (χ1) is 6.86. The largest absolute Gasteiger partial charge is 0.348 e. The van der Waals surface area contributed by atoms with E-state index in [0.717, 1.165) is 30.2 Å². The van der Waals surface area contributed by atoms with E-state index in [-0.39, 0.29) is 0 Å². The Balaban J connectivity index is 1.81. The summed E-state index contributed by atoms with van der Waals surface area (Å²) in [4.78, 5) is 14.2. The molecule has 14 heavy (non-hydrogen) atoms. The van der Waals surface area contributed by atoms with Crippen LogP contribution < -0.4 is 5.32 Å². The molecule has 0 amide bonds. The summed E-state index contributed by atoms with van der Waals surface area (Å²) in [6.45, 7) is 3.57. The number of aromatic nitrogens is 4. The minimum absolute atomic E-state index is 0.772. The molecule has 0 saturated heterocycles. The van der Waals surface area contributed by atoms with Gasteiger partial charge >= 0.3 is 0 Å². The average molecular weight is 191 g/mol. The van der Waals surface area contributed by atoms with Crippen LogP contribution in [-0.4, -0.2) is 19.9 Å². The van der Waals surface area contributed by atoms with E-state index in [1.54, 1.807) is 12.7 Å². The van der Waals surface area contributed by atoms with Gasteiger partial charge in [-0.1, -0.05) is 0 Å². The Bertz CT molecular complexity index is 376. The first kappa shape index (κ1) is 8.96. The number of rotatable bonds is 4. The molecule has 5 heteroatoms. The molecule has 0 bridgehead atoms. The van der Waals surface area contributed by atoms with Crippen molar-refractivity contribution in [1.82, 2.24) is 25.3 Å². The van der Waals surface area contributed by atoms with Gasteiger partial charge in [-0.3, -0.25) is 0 Å². The maximum absolute atomic E-state index is 4.19. The molecule has 0 unspecified atom stereocenters. The zero-order valence-electron chi connectivity index (χ0n) is 8.04. The van der Waals surface area contributed by atoms with E-state index in [0.29, 0.717) is 0 Å². The molecular weight excluding hydrogens is 178 g/mol. The van der Waals surface area contributed by atoms with Crippen LogP contribution in [0.4, 0.5) is 0 Å². The lowest BCUT2D eigenvalue weighted by molar-refractivity contribution is 0.669. The second kappa shape index (κ2) is 4.06. The van der Waals surface area contributed by atoms with Crippen LogP contribution in [0.5, 0.6) is 0 Å². The highest BCUT2D eigenvalue weighted by Crippen LogP contribution is 1.99. The molecule has 2 heterocycles. The molecule has 0 aromatic carbocycles. The number of aryl methyl sites for hydroxylation is 1. The molecule has 2 aromatic heterocycles. The SMILES string of the molecule is Cc1[nH]cnc1CNCc1cnc[nH]1. The summed E-state index contributed by atoms with van der Waals surface area (Å²) < 4.78 is 0. The molecule has 2 rings (SSSR count). The summed E-state index contributed by atoms with van der Waals surface area (Å²) in [6, 6.07) is 0. The molecule has 0 aliphatic rings. The van der Waals surface area contributed by atoms with Gasteiger partial charge in [-0.25, -0.2) is 9.97 Å². The predicted molar refractivity (Wildman–Crippen MR) is 52.5 cm³/mol. The predicted octanol–water partition coefficient (Wildman–Crippen LogP) is 0.731. The van der Waals surface area contributed by atoms with E-state index in [1.165, 1.54) is 0 Å². The van der Waals surface area contributed by atoms with Crippen LogP contribution >= 0.6 is 0 Å². The van der Waals surface area contributed by atoms with E-state index in [4.69, 9.17) is 0 Å². The molecule has 74 valence electrons. The number of hydrogen-bond donors (Lipinski definition) is 3. The van der Waals surface area contributed by atoms with E-state index < -0.39 is 0 Å². The standard InChI is InChI=1S/C9H13N5/c1-7-9(14-6-12-7)4-10-2-8-3-11-5-13-8/h3,5-6,10H,2,4H2,1H3,(H,11,13)(H,12,14). The van der Waals surface area contributed by atoms with Gasteiger partial charge in [0.25, 0.3) is 0 Å². The second-order valence-corrected chi connectivity index (χ2v) is 3.15. The third kappa shape index (κ3) is 2.00. The molecule has 0 aliphatic carbocycles. The molecule has 5 nitrogen and oxygen atoms in total. The molecule has 0 aliphatic heterocycles. The van der Waals surface area contributed by atoms with E-state index in [9.17, 15) is 0 Å². The van der Waals surface area contributed by atoms with Gasteiger partial charge in [0.2, 0.25) is 0 Å². The van der Waals surface area contributed by atoms with Crippen molar-refractivity contribution in [2.45, 2.75) is 20.0 Å². The lowest BCUT2D eigenvalue weighted by atomic mass is 10.3. The average Bonchev–Trinajstić information content (AvgIpc) is 2.78. The highest BCUT2D eigenvalue weighted by atomic mass is 15.0. The topological polar surface area (TPSA) is 69.4 Å². The van der Waals surface area contributed by atoms with Crippen molar-refractivity contribution in [3.63, 3.8) is 0 Å². The normalized spacial score (nSPS) is 10.6. The van der Waals surface area contributed by atoms with Crippen molar-refractivity contribution in [3.05, 3.63) is 35.9 Å². The number of nitrogens with one attached hydrogen (secondary N) is 3. The Morgan fingerprint density at radius 3 is 2.86 bits per heavy atom. The quantitative estimate of drug-likeness (QED) is 0.667. The summed E-state index contributed by atoms with van der Waals surface area (Å²) in [5, 5.41) is 3.28. The van der Waals surface area contributed by atoms with Crippen LogP contribution in [0.3, 0.4) is 0 Å². The summed E-state index contributed by atoms with van der Waals surface area (Å²) in [5.41, 5.74) is 3.25. The Labute approximate surface area is 82.0 Å². The third-order valence-electron chi connectivity index (χ3n) is 2.10. The maximum Gasteiger partial charge on any atom is 0.0925 e. The van der Waals surface area contributed by atoms with Gasteiger partial charge in [-0.2, -0.15) is 0 Å². The number of aromatic amines is 2. The Hall–Kier alpha value is -1.62. The lowest BCUT2D eigenvalue weighted by Crippen LogP contribution is -2.13. The Morgan fingerprint density at radius 1 is 1.29 bits per heavy atom. The summed E-state index contributed by atoms with van der Waals surface area (Å²) in [6.07, 6.45) is 5.20. The smallest absolute Gasteiger partial charge is 0.0925 e. The highest BCUT2D eigenvalue weighted by Gasteiger charge is 1.99. The van der Waals surface area contributed by atoms with Crippen LogP contribution in [-0.2, 0) is 13.1 Å². The molecule has 0 fully saturated rings. The lowest BCUT2D eigenvalue weighted by Gasteiger charge is -2.00. The molecule has 3 N–H and O–H groups in total. The summed E-state index contributed by atoms with van der Waals surface area (Å²) in [7, 11) is 0. The van der Waals surface area contributed by atoms with Gasteiger partial charge in [-0.05, 0) is 6.92 Å². The fourth-order valence-electron chi connectivity index (χ4n) is 1.26. The fraction of sp³-hybridized carbons (Fsp3) is 0.333. The van der Waals surface area contributed by atoms with Crippen molar-refractivity contribution in [2.75, 3.05) is 0 Å². The van der Waals surface area contributed by atoms with Gasteiger partial charge in [0.15, 0.2) is 0 Å². The minimum Gasteiger partial charge on any atom is -0.348 e. The highest BCUT2D eigenvalue weighted by molar-refractivity contribution is 5.08. The second-order valence-electron chi connectivity index (χ2n) is 3.15. The van der Waals surface area contributed by atoms with Gasteiger partial charge in [0, 0.05) is 30.7 Å². The Morgan fingerprint density at radius 2 is 2.21 bits per heavy atom. The minimum atomic E-state index is 0.772. The summed E-state index contributed by atoms with van der Waals surface area (Å²) in [5.74, 6) is 0. The molecule has 0 atom stereocenters. The molecule has 0 spiro atoms. The molecule has 0 saturated carbocycles. The van der Waals surface area contributed by atoms with Crippen molar-refractivity contribution >= 4 is 0 Å². The zero-order valence-corrected chi connectivity index (χ0v) is 8.04. The zero-order chi connectivity index (χ0) is 9.80.